The first kappa shape index (κ1) is 24.2. The van der Waals surface area contributed by atoms with Crippen molar-refractivity contribution >= 4 is 23.4 Å². The van der Waals surface area contributed by atoms with Crippen LogP contribution in [-0.2, 0) is 14.4 Å². The fraction of sp³-hybridized carbons (Fsp3) is 0.346. The number of carbonyl (C=O) groups is 3. The predicted molar refractivity (Wildman–Crippen MR) is 122 cm³/mol. The van der Waals surface area contributed by atoms with Gasteiger partial charge in [-0.15, -0.1) is 0 Å². The lowest BCUT2D eigenvalue weighted by Gasteiger charge is -2.25. The third kappa shape index (κ3) is 5.48. The number of halogens is 1. The Morgan fingerprint density at radius 1 is 0.970 bits per heavy atom. The van der Waals surface area contributed by atoms with E-state index in [-0.39, 0.29) is 29.9 Å². The number of Topliss-reactive ketones (excluding diaryl/α,β-unsaturated/α-hetero) is 1. The summed E-state index contributed by atoms with van der Waals surface area (Å²) in [6.45, 7) is 4.38. The number of nitrogens with zero attached hydrogens (tertiary/aromatic N) is 1. The summed E-state index contributed by atoms with van der Waals surface area (Å²) in [6.07, 6.45) is 1.63. The largest absolute Gasteiger partial charge is 0.507 e. The summed E-state index contributed by atoms with van der Waals surface area (Å²) < 4.78 is 13.4. The summed E-state index contributed by atoms with van der Waals surface area (Å²) in [6, 6.07) is 11.9. The quantitative estimate of drug-likeness (QED) is 0.241. The van der Waals surface area contributed by atoms with Gasteiger partial charge in [-0.05, 0) is 54.2 Å². The number of carboxylic acid groups (broad SMARTS) is 1. The molecule has 0 aliphatic carbocycles. The number of aliphatic carboxylic acids is 1. The van der Waals surface area contributed by atoms with Gasteiger partial charge in [-0.2, -0.15) is 0 Å². The van der Waals surface area contributed by atoms with E-state index in [1.54, 1.807) is 0 Å². The number of aliphatic hydroxyl groups is 1. The van der Waals surface area contributed by atoms with Crippen molar-refractivity contribution in [3.05, 3.63) is 76.6 Å². The second-order valence-electron chi connectivity index (χ2n) is 8.53. The molecule has 6 nitrogen and oxygen atoms in total. The number of carbonyl (C=O) groups excluding carboxylic acids is 2. The highest BCUT2D eigenvalue weighted by Gasteiger charge is 2.45. The molecule has 0 aromatic heterocycles. The number of benzene rings is 2. The van der Waals surface area contributed by atoms with Gasteiger partial charge in [-0.1, -0.05) is 44.5 Å². The van der Waals surface area contributed by atoms with Crippen LogP contribution in [-0.4, -0.2) is 39.3 Å². The second-order valence-corrected chi connectivity index (χ2v) is 8.53. The van der Waals surface area contributed by atoms with Gasteiger partial charge in [0.25, 0.3) is 11.7 Å². The number of carboxylic acids is 1. The Balaban J connectivity index is 1.98. The van der Waals surface area contributed by atoms with Gasteiger partial charge in [-0.3, -0.25) is 14.4 Å². The number of rotatable bonds is 9. The van der Waals surface area contributed by atoms with E-state index in [4.69, 9.17) is 5.11 Å². The van der Waals surface area contributed by atoms with Crippen molar-refractivity contribution < 1.29 is 29.0 Å². The summed E-state index contributed by atoms with van der Waals surface area (Å²) in [7, 11) is 0. The fourth-order valence-electron chi connectivity index (χ4n) is 4.02. The molecule has 7 heteroatoms. The Hall–Kier alpha value is -3.48. The number of hydrogen-bond acceptors (Lipinski definition) is 4. The minimum atomic E-state index is -0.875. The minimum absolute atomic E-state index is 0.0329. The molecular formula is C26H28FNO5. The molecule has 0 bridgehead atoms. The molecule has 1 fully saturated rings. The number of aliphatic hydroxyl groups excluding tert-OH is 1. The summed E-state index contributed by atoms with van der Waals surface area (Å²) in [4.78, 5) is 38.1. The molecule has 0 saturated carbocycles. The molecule has 1 unspecified atom stereocenters. The van der Waals surface area contributed by atoms with Crippen LogP contribution in [0, 0.1) is 5.82 Å². The molecular weight excluding hydrogens is 425 g/mol. The normalized spacial score (nSPS) is 17.7. The van der Waals surface area contributed by atoms with Crippen molar-refractivity contribution in [1.82, 2.24) is 4.90 Å². The smallest absolute Gasteiger partial charge is 0.303 e. The molecule has 0 radical (unpaired) electrons. The van der Waals surface area contributed by atoms with Crippen molar-refractivity contribution in [2.45, 2.75) is 51.5 Å². The van der Waals surface area contributed by atoms with E-state index >= 15 is 0 Å². The zero-order chi connectivity index (χ0) is 24.1. The lowest BCUT2D eigenvalue weighted by molar-refractivity contribution is -0.140. The van der Waals surface area contributed by atoms with Gasteiger partial charge in [0.15, 0.2) is 0 Å². The van der Waals surface area contributed by atoms with E-state index in [9.17, 15) is 23.9 Å². The van der Waals surface area contributed by atoms with Gasteiger partial charge in [0.05, 0.1) is 11.6 Å². The van der Waals surface area contributed by atoms with E-state index in [0.717, 1.165) is 5.56 Å². The lowest BCUT2D eigenvalue weighted by Crippen LogP contribution is -2.30. The third-order valence-corrected chi connectivity index (χ3v) is 5.87. The van der Waals surface area contributed by atoms with Gasteiger partial charge in [0.1, 0.15) is 11.6 Å². The topological polar surface area (TPSA) is 94.9 Å². The van der Waals surface area contributed by atoms with Crippen LogP contribution in [0.5, 0.6) is 0 Å². The molecule has 33 heavy (non-hydrogen) atoms. The van der Waals surface area contributed by atoms with Gasteiger partial charge >= 0.3 is 5.97 Å². The highest BCUT2D eigenvalue weighted by atomic mass is 19.1. The number of hydrogen-bond donors (Lipinski definition) is 2. The van der Waals surface area contributed by atoms with Crippen LogP contribution in [0.1, 0.15) is 68.2 Å². The van der Waals surface area contributed by atoms with Gasteiger partial charge in [0, 0.05) is 18.5 Å². The lowest BCUT2D eigenvalue weighted by atomic mass is 9.93. The molecule has 1 atom stereocenters. The van der Waals surface area contributed by atoms with E-state index in [0.29, 0.717) is 30.7 Å². The predicted octanol–water partition coefficient (Wildman–Crippen LogP) is 5.02. The number of ketones is 1. The van der Waals surface area contributed by atoms with Gasteiger partial charge in [0.2, 0.25) is 0 Å². The molecule has 2 aromatic carbocycles. The maximum atomic E-state index is 13.4. The van der Waals surface area contributed by atoms with Crippen molar-refractivity contribution in [3.63, 3.8) is 0 Å². The van der Waals surface area contributed by atoms with Crippen molar-refractivity contribution in [3.8, 4) is 0 Å². The highest BCUT2D eigenvalue weighted by molar-refractivity contribution is 6.46. The average molecular weight is 454 g/mol. The van der Waals surface area contributed by atoms with E-state index < -0.39 is 29.5 Å². The molecule has 174 valence electrons. The van der Waals surface area contributed by atoms with Crippen LogP contribution in [0.25, 0.3) is 5.76 Å². The summed E-state index contributed by atoms with van der Waals surface area (Å²) in [5, 5.41) is 19.8. The minimum Gasteiger partial charge on any atom is -0.507 e. The van der Waals surface area contributed by atoms with Crippen LogP contribution in [0.15, 0.2) is 54.1 Å². The maximum absolute atomic E-state index is 13.4. The molecule has 2 aromatic rings. The van der Waals surface area contributed by atoms with Crippen LogP contribution in [0.4, 0.5) is 4.39 Å². The molecule has 1 amide bonds. The van der Waals surface area contributed by atoms with Crippen molar-refractivity contribution in [1.29, 1.82) is 0 Å². The first-order valence-electron chi connectivity index (χ1n) is 11.1. The monoisotopic (exact) mass is 453 g/mol. The fourth-order valence-corrected chi connectivity index (χ4v) is 4.02. The van der Waals surface area contributed by atoms with Crippen LogP contribution in [0.3, 0.4) is 0 Å². The number of amides is 1. The molecule has 1 heterocycles. The van der Waals surface area contributed by atoms with E-state index in [1.165, 1.54) is 29.2 Å². The Morgan fingerprint density at radius 3 is 2.18 bits per heavy atom. The Kier molecular flexibility index (Phi) is 7.63. The molecule has 1 aliphatic rings. The zero-order valence-corrected chi connectivity index (χ0v) is 18.8. The van der Waals surface area contributed by atoms with Crippen molar-refractivity contribution in [2.75, 3.05) is 6.54 Å². The molecule has 3 rings (SSSR count). The zero-order valence-electron chi connectivity index (χ0n) is 18.8. The molecule has 1 saturated heterocycles. The number of unbranched alkanes of at least 4 members (excludes halogenated alkanes) is 2. The van der Waals surface area contributed by atoms with Gasteiger partial charge in [-0.25, -0.2) is 4.39 Å². The first-order valence-corrected chi connectivity index (χ1v) is 11.1. The van der Waals surface area contributed by atoms with E-state index in [1.807, 2.05) is 24.3 Å². The SMILES string of the molecule is CC(C)c1ccc(C2C(=C(O)c3ccc(F)cc3)C(=O)C(=O)N2CCCCCC(=O)O)cc1. The highest BCUT2D eigenvalue weighted by Crippen LogP contribution is 2.40. The van der Waals surface area contributed by atoms with Crippen LogP contribution < -0.4 is 0 Å². The first-order chi connectivity index (χ1) is 15.7. The molecule has 1 aliphatic heterocycles. The standard InChI is InChI=1S/C26H28FNO5/c1-16(2)17-7-9-18(10-8-17)23-22(24(31)19-11-13-20(27)14-12-19)25(32)26(33)28(23)15-5-3-4-6-21(29)30/h7-14,16,23,31H,3-6,15H2,1-2H3,(H,29,30). The summed E-state index contributed by atoms with van der Waals surface area (Å²) >= 11 is 0. The Bertz CT molecular complexity index is 1060. The summed E-state index contributed by atoms with van der Waals surface area (Å²) in [5.74, 6) is -2.90. The third-order valence-electron chi connectivity index (χ3n) is 5.87. The summed E-state index contributed by atoms with van der Waals surface area (Å²) in [5.41, 5.74) is 2.00. The Labute approximate surface area is 192 Å². The second kappa shape index (κ2) is 10.4. The molecule has 0 spiro atoms. The maximum Gasteiger partial charge on any atom is 0.303 e. The van der Waals surface area contributed by atoms with Crippen LogP contribution >= 0.6 is 0 Å². The Morgan fingerprint density at radius 2 is 1.61 bits per heavy atom. The average Bonchev–Trinajstić information content (AvgIpc) is 3.03. The van der Waals surface area contributed by atoms with E-state index in [2.05, 4.69) is 13.8 Å². The number of likely N-dealkylation sites (tertiary alicyclic amines) is 1. The molecule has 2 N–H and O–H groups in total. The van der Waals surface area contributed by atoms with Crippen LogP contribution in [0.2, 0.25) is 0 Å². The van der Waals surface area contributed by atoms with Gasteiger partial charge < -0.3 is 15.1 Å². The van der Waals surface area contributed by atoms with Crippen molar-refractivity contribution in [2.24, 2.45) is 0 Å².